The number of ether oxygens (including phenoxy) is 1. The molecule has 2 heterocycles. The molecule has 2 atom stereocenters. The van der Waals surface area contributed by atoms with E-state index in [-0.39, 0.29) is 34.3 Å². The van der Waals surface area contributed by atoms with Crippen molar-refractivity contribution in [3.63, 3.8) is 0 Å². The molecule has 2 aliphatic rings. The summed E-state index contributed by atoms with van der Waals surface area (Å²) < 4.78 is 10.1. The monoisotopic (exact) mass is 645 g/mol. The highest BCUT2D eigenvalue weighted by molar-refractivity contribution is 7.09. The van der Waals surface area contributed by atoms with Crippen LogP contribution in [0.2, 0.25) is 5.02 Å². The Hall–Kier alpha value is -3.99. The molecule has 4 N–H and O–H groups in total. The lowest BCUT2D eigenvalue weighted by Gasteiger charge is -2.32. The summed E-state index contributed by atoms with van der Waals surface area (Å²) in [4.78, 5) is 43.7. The van der Waals surface area contributed by atoms with E-state index in [1.165, 1.54) is 4.90 Å². The van der Waals surface area contributed by atoms with Crippen molar-refractivity contribution in [2.45, 2.75) is 63.1 Å². The van der Waals surface area contributed by atoms with Gasteiger partial charge in [0.05, 0.1) is 17.5 Å². The molecule has 4 aromatic rings. The number of halogens is 1. The van der Waals surface area contributed by atoms with Crippen LogP contribution in [0.15, 0.2) is 66.7 Å². The maximum absolute atomic E-state index is 14.7. The zero-order valence-corrected chi connectivity index (χ0v) is 26.4. The summed E-state index contributed by atoms with van der Waals surface area (Å²) in [6, 6.07) is 19.1. The number of carbonyl (C=O) groups excluding carboxylic acids is 3. The number of hydrogen-bond acceptors (Lipinski definition) is 7. The predicted molar refractivity (Wildman–Crippen MR) is 178 cm³/mol. The second-order valence-corrected chi connectivity index (χ2v) is 12.8. The number of aromatic nitrogens is 1. The number of nitrogens with two attached hydrogens (primary N) is 1. The van der Waals surface area contributed by atoms with E-state index in [1.54, 1.807) is 24.3 Å². The fourth-order valence-corrected chi connectivity index (χ4v) is 7.05. The van der Waals surface area contributed by atoms with Crippen molar-refractivity contribution in [1.29, 1.82) is 0 Å². The van der Waals surface area contributed by atoms with Gasteiger partial charge in [-0.15, -0.1) is 0 Å². The van der Waals surface area contributed by atoms with Gasteiger partial charge in [-0.3, -0.25) is 19.3 Å². The zero-order chi connectivity index (χ0) is 31.3. The van der Waals surface area contributed by atoms with E-state index in [0.717, 1.165) is 67.3 Å². The number of benzene rings is 3. The van der Waals surface area contributed by atoms with Gasteiger partial charge < -0.3 is 21.1 Å². The number of hydrogen-bond donors (Lipinski definition) is 3. The molecule has 1 saturated heterocycles. The summed E-state index contributed by atoms with van der Waals surface area (Å²) >= 11 is 7.10. The molecule has 0 spiro atoms. The second kappa shape index (κ2) is 14.0. The van der Waals surface area contributed by atoms with Crippen LogP contribution in [-0.4, -0.2) is 47.4 Å². The molecule has 234 valence electrons. The number of carbonyl (C=O) groups is 3. The molecule has 45 heavy (non-hydrogen) atoms. The summed E-state index contributed by atoms with van der Waals surface area (Å²) in [5.74, 6) is -1.31. The molecule has 9 nitrogen and oxygen atoms in total. The first kappa shape index (κ1) is 31.0. The van der Waals surface area contributed by atoms with Crippen LogP contribution in [0.5, 0.6) is 0 Å². The van der Waals surface area contributed by atoms with Gasteiger partial charge in [-0.05, 0) is 66.4 Å². The van der Waals surface area contributed by atoms with E-state index >= 15 is 0 Å². The maximum Gasteiger partial charge on any atom is 0.273 e. The Morgan fingerprint density at radius 2 is 1.73 bits per heavy atom. The van der Waals surface area contributed by atoms with Gasteiger partial charge in [-0.1, -0.05) is 79.4 Å². The van der Waals surface area contributed by atoms with Crippen molar-refractivity contribution in [1.82, 2.24) is 15.0 Å². The number of anilines is 2. The average molecular weight is 646 g/mol. The lowest BCUT2D eigenvalue weighted by molar-refractivity contribution is -0.123. The lowest BCUT2D eigenvalue weighted by Crippen LogP contribution is -2.45. The van der Waals surface area contributed by atoms with E-state index in [2.05, 4.69) is 15.0 Å². The highest BCUT2D eigenvalue weighted by Crippen LogP contribution is 2.37. The minimum atomic E-state index is -1.09. The number of rotatable bonds is 9. The van der Waals surface area contributed by atoms with Crippen LogP contribution < -0.4 is 21.3 Å². The number of amides is 3. The Kier molecular flexibility index (Phi) is 9.63. The number of nitrogens with zero attached hydrogens (tertiary/aromatic N) is 2. The third kappa shape index (κ3) is 6.83. The van der Waals surface area contributed by atoms with Gasteiger partial charge in [0.1, 0.15) is 10.9 Å². The number of fused-ring (bicyclic) bond motifs is 1. The maximum atomic E-state index is 14.7. The van der Waals surface area contributed by atoms with E-state index < -0.39 is 17.9 Å². The van der Waals surface area contributed by atoms with Crippen LogP contribution in [0.1, 0.15) is 76.7 Å². The fourth-order valence-electron chi connectivity index (χ4n) is 6.19. The Labute approximate surface area is 271 Å². The van der Waals surface area contributed by atoms with Gasteiger partial charge >= 0.3 is 0 Å². The quantitative estimate of drug-likeness (QED) is 0.197. The van der Waals surface area contributed by atoms with Crippen LogP contribution in [0.3, 0.4) is 0 Å². The molecule has 0 bridgehead atoms. The molecular formula is C34H36ClN5O4S. The molecule has 6 rings (SSSR count). The first-order chi connectivity index (χ1) is 21.9. The third-order valence-electron chi connectivity index (χ3n) is 8.54. The zero-order valence-electron chi connectivity index (χ0n) is 24.8. The highest BCUT2D eigenvalue weighted by atomic mass is 35.5. The molecule has 0 unspecified atom stereocenters. The summed E-state index contributed by atoms with van der Waals surface area (Å²) in [7, 11) is 0. The molecule has 3 aromatic carbocycles. The molecule has 2 fully saturated rings. The third-order valence-corrected chi connectivity index (χ3v) is 9.65. The average Bonchev–Trinajstić information content (AvgIpc) is 3.73. The van der Waals surface area contributed by atoms with Gasteiger partial charge in [-0.2, -0.15) is 4.37 Å². The van der Waals surface area contributed by atoms with Crippen molar-refractivity contribution < 1.29 is 19.1 Å². The molecule has 11 heteroatoms. The Balaban J connectivity index is 1.42. The Bertz CT molecular complexity index is 1680. The van der Waals surface area contributed by atoms with Gasteiger partial charge in [-0.25, -0.2) is 0 Å². The highest BCUT2D eigenvalue weighted by Gasteiger charge is 2.37. The van der Waals surface area contributed by atoms with Gasteiger partial charge in [0.25, 0.3) is 11.8 Å². The van der Waals surface area contributed by atoms with Crippen LogP contribution in [0.25, 0.3) is 10.8 Å². The summed E-state index contributed by atoms with van der Waals surface area (Å²) in [5, 5.41) is 8.24. The van der Waals surface area contributed by atoms with Gasteiger partial charge in [0, 0.05) is 29.6 Å². The summed E-state index contributed by atoms with van der Waals surface area (Å²) in [6.07, 6.45) is 6.77. The first-order valence-corrected chi connectivity index (χ1v) is 16.6. The minimum absolute atomic E-state index is 0.00170. The van der Waals surface area contributed by atoms with E-state index in [4.69, 9.17) is 22.1 Å². The summed E-state index contributed by atoms with van der Waals surface area (Å²) in [6.45, 7) is 0.970. The lowest BCUT2D eigenvalue weighted by atomic mass is 9.95. The standard InChI is InChI=1S/C34H36ClN5O4S/c35-23-17-15-22(16-18-23)30(33(42)37-20-25-12-7-19-44-25)40(27-14-6-9-21-8-4-5-13-26(21)27)34(43)31-28(36)29(39-45-31)32(41)38-24-10-2-1-3-11-24/h4-6,8-9,13-18,24-25,30H,1-3,7,10-12,19-20,36H2,(H,37,42)(H,38,41)/t25-,30+/m1/s1. The molecule has 3 amide bonds. The van der Waals surface area contributed by atoms with E-state index in [1.807, 2.05) is 42.5 Å². The fraction of sp³-hybridized carbons (Fsp3) is 0.353. The van der Waals surface area contributed by atoms with Crippen LogP contribution in [0, 0.1) is 0 Å². The second-order valence-electron chi connectivity index (χ2n) is 11.6. The largest absolute Gasteiger partial charge is 0.395 e. The van der Waals surface area contributed by atoms with Crippen LogP contribution >= 0.6 is 23.1 Å². The molecule has 1 aliphatic heterocycles. The van der Waals surface area contributed by atoms with Crippen molar-refractivity contribution in [2.24, 2.45) is 0 Å². The molecule has 0 radical (unpaired) electrons. The van der Waals surface area contributed by atoms with Crippen LogP contribution in [-0.2, 0) is 9.53 Å². The smallest absolute Gasteiger partial charge is 0.273 e. The Morgan fingerprint density at radius 3 is 2.49 bits per heavy atom. The molecule has 1 aliphatic carbocycles. The SMILES string of the molecule is Nc1c(C(=O)NC2CCCCC2)nsc1C(=O)N(c1cccc2ccccc12)[C@H](C(=O)NC[C@H]1CCCO1)c1ccc(Cl)cc1. The van der Waals surface area contributed by atoms with Gasteiger partial charge in [0.15, 0.2) is 5.69 Å². The number of nitrogens with one attached hydrogen (secondary N) is 2. The van der Waals surface area contributed by atoms with Crippen molar-refractivity contribution in [3.8, 4) is 0 Å². The van der Waals surface area contributed by atoms with Crippen molar-refractivity contribution in [3.05, 3.63) is 87.9 Å². The van der Waals surface area contributed by atoms with Crippen molar-refractivity contribution in [2.75, 3.05) is 23.8 Å². The van der Waals surface area contributed by atoms with E-state index in [9.17, 15) is 14.4 Å². The Morgan fingerprint density at radius 1 is 0.978 bits per heavy atom. The summed E-state index contributed by atoms with van der Waals surface area (Å²) in [5.41, 5.74) is 7.62. The normalized spacial score (nSPS) is 17.6. The van der Waals surface area contributed by atoms with Crippen molar-refractivity contribution >= 4 is 63.0 Å². The predicted octanol–water partition coefficient (Wildman–Crippen LogP) is 6.28. The topological polar surface area (TPSA) is 127 Å². The van der Waals surface area contributed by atoms with Gasteiger partial charge in [0.2, 0.25) is 5.91 Å². The minimum Gasteiger partial charge on any atom is -0.395 e. The molecule has 1 aromatic heterocycles. The van der Waals surface area contributed by atoms with Crippen LogP contribution in [0.4, 0.5) is 11.4 Å². The first-order valence-electron chi connectivity index (χ1n) is 15.4. The molecule has 1 saturated carbocycles. The van der Waals surface area contributed by atoms with E-state index in [0.29, 0.717) is 29.4 Å². The number of nitrogen functional groups attached to an aromatic ring is 1. The molecular weight excluding hydrogens is 610 g/mol.